The first-order chi connectivity index (χ1) is 22.1. The van der Waals surface area contributed by atoms with Gasteiger partial charge in [0.15, 0.2) is 0 Å². The summed E-state index contributed by atoms with van der Waals surface area (Å²) in [6.45, 7) is 5.67. The first kappa shape index (κ1) is 43.9. The zero-order chi connectivity index (χ0) is 33.1. The van der Waals surface area contributed by atoms with Gasteiger partial charge < -0.3 is 20.8 Å². The Kier molecular flexibility index (Phi) is 34.8. The number of rotatable bonds is 36. The van der Waals surface area contributed by atoms with Crippen LogP contribution >= 0.6 is 0 Å². The molecule has 0 bridgehead atoms. The van der Waals surface area contributed by atoms with E-state index in [1.807, 2.05) is 0 Å². The van der Waals surface area contributed by atoms with Crippen molar-refractivity contribution < 1.29 is 19.8 Å². The topological polar surface area (TPSA) is 98.7 Å². The van der Waals surface area contributed by atoms with Gasteiger partial charge >= 0.3 is 0 Å². The minimum atomic E-state index is -0.128. The molecule has 2 amide bonds. The zero-order valence-corrected chi connectivity index (χ0v) is 30.2. The lowest BCUT2D eigenvalue weighted by atomic mass is 9.96. The maximum Gasteiger partial charge on any atom is 0.223 e. The molecule has 0 aromatic rings. The van der Waals surface area contributed by atoms with Gasteiger partial charge in [0.2, 0.25) is 11.8 Å². The van der Waals surface area contributed by atoms with E-state index in [4.69, 9.17) is 0 Å². The van der Waals surface area contributed by atoms with E-state index in [2.05, 4.69) is 24.5 Å². The smallest absolute Gasteiger partial charge is 0.223 e. The SMILES string of the molecule is CCCCCCCCCCCCCCC(CCO)C(=O)NCCCNC(=O)C(CCO)CCCCCCCCCCCCCC. The molecule has 0 heterocycles. The second kappa shape index (κ2) is 35.7. The number of carbonyl (C=O) groups excluding carboxylic acids is 2. The normalized spacial score (nSPS) is 12.7. The van der Waals surface area contributed by atoms with Crippen LogP contribution in [0.4, 0.5) is 0 Å². The molecule has 0 aromatic heterocycles. The highest BCUT2D eigenvalue weighted by atomic mass is 16.3. The molecule has 45 heavy (non-hydrogen) atoms. The molecule has 0 aliphatic carbocycles. The van der Waals surface area contributed by atoms with Crippen LogP contribution in [0, 0.1) is 11.8 Å². The van der Waals surface area contributed by atoms with E-state index in [0.29, 0.717) is 32.4 Å². The number of hydrogen-bond donors (Lipinski definition) is 4. The molecular weight excluding hydrogens is 560 g/mol. The van der Waals surface area contributed by atoms with Crippen LogP contribution in [0.15, 0.2) is 0 Å². The van der Waals surface area contributed by atoms with Crippen molar-refractivity contribution in [2.75, 3.05) is 26.3 Å². The number of carbonyl (C=O) groups is 2. The molecule has 0 aliphatic heterocycles. The number of unbranched alkanes of at least 4 members (excludes halogenated alkanes) is 22. The van der Waals surface area contributed by atoms with Crippen molar-refractivity contribution in [3.05, 3.63) is 0 Å². The Labute approximate surface area is 280 Å². The van der Waals surface area contributed by atoms with Gasteiger partial charge in [-0.15, -0.1) is 0 Å². The summed E-state index contributed by atoms with van der Waals surface area (Å²) in [5.74, 6) is -0.193. The molecule has 4 N–H and O–H groups in total. The van der Waals surface area contributed by atoms with Crippen LogP contribution < -0.4 is 10.6 Å². The van der Waals surface area contributed by atoms with Crippen LogP contribution in [-0.4, -0.2) is 48.3 Å². The molecule has 2 atom stereocenters. The van der Waals surface area contributed by atoms with Gasteiger partial charge in [0.1, 0.15) is 0 Å². The van der Waals surface area contributed by atoms with Crippen molar-refractivity contribution in [2.45, 2.75) is 200 Å². The monoisotopic (exact) mass is 639 g/mol. The van der Waals surface area contributed by atoms with Crippen LogP contribution in [0.3, 0.4) is 0 Å². The number of aliphatic hydroxyl groups excluding tert-OH is 2. The van der Waals surface area contributed by atoms with Gasteiger partial charge in [-0.3, -0.25) is 9.59 Å². The number of hydrogen-bond acceptors (Lipinski definition) is 4. The minimum Gasteiger partial charge on any atom is -0.396 e. The van der Waals surface area contributed by atoms with E-state index < -0.39 is 0 Å². The highest BCUT2D eigenvalue weighted by Crippen LogP contribution is 2.18. The summed E-state index contributed by atoms with van der Waals surface area (Å²) in [6, 6.07) is 0. The summed E-state index contributed by atoms with van der Waals surface area (Å²) >= 11 is 0. The molecule has 0 spiro atoms. The van der Waals surface area contributed by atoms with Crippen LogP contribution in [0.1, 0.15) is 200 Å². The lowest BCUT2D eigenvalue weighted by Gasteiger charge is -2.17. The third kappa shape index (κ3) is 30.0. The van der Waals surface area contributed by atoms with Gasteiger partial charge in [-0.05, 0) is 32.1 Å². The van der Waals surface area contributed by atoms with Crippen LogP contribution in [0.2, 0.25) is 0 Å². The third-order valence-corrected chi connectivity index (χ3v) is 9.46. The fourth-order valence-electron chi connectivity index (χ4n) is 6.39. The van der Waals surface area contributed by atoms with Gasteiger partial charge in [-0.25, -0.2) is 0 Å². The Morgan fingerprint density at radius 1 is 0.400 bits per heavy atom. The summed E-state index contributed by atoms with van der Waals surface area (Å²) in [5.41, 5.74) is 0. The standard InChI is InChI=1S/C39H78N2O4/c1-3-5-7-9-11-13-15-17-19-21-23-25-28-36(30-34-42)38(44)40-32-27-33-41-39(45)37(31-35-43)29-26-24-22-20-18-16-14-12-10-8-6-4-2/h36-37,42-43H,3-35H2,1-2H3,(H,40,44)(H,41,45). The molecule has 0 saturated carbocycles. The minimum absolute atomic E-state index is 0.0311. The molecule has 0 fully saturated rings. The zero-order valence-electron chi connectivity index (χ0n) is 30.2. The van der Waals surface area contributed by atoms with Crippen molar-refractivity contribution in [3.63, 3.8) is 0 Å². The molecule has 0 aliphatic rings. The van der Waals surface area contributed by atoms with Gasteiger partial charge in [-0.1, -0.05) is 168 Å². The highest BCUT2D eigenvalue weighted by molar-refractivity contribution is 5.79. The second-order valence-corrected chi connectivity index (χ2v) is 13.7. The van der Waals surface area contributed by atoms with E-state index in [1.165, 1.54) is 128 Å². The van der Waals surface area contributed by atoms with Crippen LogP contribution in [0.5, 0.6) is 0 Å². The maximum absolute atomic E-state index is 12.7. The second-order valence-electron chi connectivity index (χ2n) is 13.7. The Hall–Kier alpha value is -1.14. The van der Waals surface area contributed by atoms with E-state index in [-0.39, 0.29) is 36.9 Å². The highest BCUT2D eigenvalue weighted by Gasteiger charge is 2.18. The van der Waals surface area contributed by atoms with Crippen molar-refractivity contribution in [2.24, 2.45) is 11.8 Å². The summed E-state index contributed by atoms with van der Waals surface area (Å²) in [5, 5.41) is 25.0. The van der Waals surface area contributed by atoms with Crippen molar-refractivity contribution in [1.29, 1.82) is 0 Å². The summed E-state index contributed by atoms with van der Waals surface area (Å²) in [4.78, 5) is 25.4. The van der Waals surface area contributed by atoms with Crippen LogP contribution in [-0.2, 0) is 9.59 Å². The Balaban J connectivity index is 3.91. The molecule has 6 heteroatoms. The summed E-state index contributed by atoms with van der Waals surface area (Å²) in [6.07, 6.45) is 34.6. The Morgan fingerprint density at radius 2 is 0.667 bits per heavy atom. The average molecular weight is 639 g/mol. The first-order valence-electron chi connectivity index (χ1n) is 19.9. The lowest BCUT2D eigenvalue weighted by Crippen LogP contribution is -2.36. The number of nitrogens with one attached hydrogen (secondary N) is 2. The first-order valence-corrected chi connectivity index (χ1v) is 19.9. The van der Waals surface area contributed by atoms with Crippen molar-refractivity contribution in [3.8, 4) is 0 Å². The number of aliphatic hydroxyl groups is 2. The van der Waals surface area contributed by atoms with Gasteiger partial charge in [0.25, 0.3) is 0 Å². The van der Waals surface area contributed by atoms with Crippen molar-refractivity contribution in [1.82, 2.24) is 10.6 Å². The quantitative estimate of drug-likeness (QED) is 0.0514. The van der Waals surface area contributed by atoms with Gasteiger partial charge in [0, 0.05) is 38.1 Å². The molecule has 268 valence electrons. The Morgan fingerprint density at radius 3 is 0.933 bits per heavy atom. The van der Waals surface area contributed by atoms with E-state index >= 15 is 0 Å². The molecule has 0 aromatic carbocycles. The van der Waals surface area contributed by atoms with Crippen LogP contribution in [0.25, 0.3) is 0 Å². The molecular formula is C39H78N2O4. The molecule has 0 radical (unpaired) electrons. The van der Waals surface area contributed by atoms with E-state index in [0.717, 1.165) is 38.5 Å². The van der Waals surface area contributed by atoms with E-state index in [9.17, 15) is 19.8 Å². The van der Waals surface area contributed by atoms with Gasteiger partial charge in [-0.2, -0.15) is 0 Å². The van der Waals surface area contributed by atoms with Gasteiger partial charge in [0.05, 0.1) is 0 Å². The van der Waals surface area contributed by atoms with E-state index in [1.54, 1.807) is 0 Å². The van der Waals surface area contributed by atoms with Crippen molar-refractivity contribution >= 4 is 11.8 Å². The molecule has 0 saturated heterocycles. The Bertz CT molecular complexity index is 578. The predicted molar refractivity (Wildman–Crippen MR) is 192 cm³/mol. The largest absolute Gasteiger partial charge is 0.396 e. The predicted octanol–water partition coefficient (Wildman–Crippen LogP) is 9.79. The number of amides is 2. The lowest BCUT2D eigenvalue weighted by molar-refractivity contribution is -0.126. The fraction of sp³-hybridized carbons (Fsp3) is 0.949. The maximum atomic E-state index is 12.7. The molecule has 0 rings (SSSR count). The fourth-order valence-corrected chi connectivity index (χ4v) is 6.39. The molecule has 2 unspecified atom stereocenters. The molecule has 6 nitrogen and oxygen atoms in total. The average Bonchev–Trinajstić information content (AvgIpc) is 3.04. The third-order valence-electron chi connectivity index (χ3n) is 9.46. The summed E-state index contributed by atoms with van der Waals surface area (Å²) < 4.78 is 0. The summed E-state index contributed by atoms with van der Waals surface area (Å²) in [7, 11) is 0.